The lowest BCUT2D eigenvalue weighted by Gasteiger charge is -2.21. The maximum atomic E-state index is 11.5. The number of hydrogen-bond donors (Lipinski definition) is 0. The SMILES string of the molecule is CCN(C)C[B-](F)(F)F. The molecular weight excluding hydrogens is 130 g/mol. The summed E-state index contributed by atoms with van der Waals surface area (Å²) in [6, 6.07) is 0. The summed E-state index contributed by atoms with van der Waals surface area (Å²) < 4.78 is 34.5. The van der Waals surface area contributed by atoms with Crippen LogP contribution in [-0.2, 0) is 0 Å². The molecular formula is C4H10BF3N-. The maximum Gasteiger partial charge on any atom is 0.492 e. The summed E-state index contributed by atoms with van der Waals surface area (Å²) in [5.41, 5.74) is 0. The van der Waals surface area contributed by atoms with E-state index in [0.717, 1.165) is 0 Å². The summed E-state index contributed by atoms with van der Waals surface area (Å²) in [5.74, 6) is 0. The molecule has 0 radical (unpaired) electrons. The van der Waals surface area contributed by atoms with E-state index in [2.05, 4.69) is 0 Å². The van der Waals surface area contributed by atoms with Gasteiger partial charge in [-0.25, -0.2) is 0 Å². The zero-order valence-electron chi connectivity index (χ0n) is 5.57. The molecule has 56 valence electrons. The van der Waals surface area contributed by atoms with Crippen molar-refractivity contribution in [2.75, 3.05) is 20.0 Å². The van der Waals surface area contributed by atoms with Crippen LogP contribution in [0.5, 0.6) is 0 Å². The van der Waals surface area contributed by atoms with Gasteiger partial charge in [0.25, 0.3) is 0 Å². The second kappa shape index (κ2) is 3.10. The van der Waals surface area contributed by atoms with Crippen molar-refractivity contribution in [2.45, 2.75) is 6.92 Å². The van der Waals surface area contributed by atoms with Crippen LogP contribution in [-0.4, -0.2) is 31.9 Å². The lowest BCUT2D eigenvalue weighted by molar-refractivity contribution is 0.342. The Bertz CT molecular complexity index is 82.4. The molecule has 0 amide bonds. The summed E-state index contributed by atoms with van der Waals surface area (Å²) in [5, 5.41) is 0. The highest BCUT2D eigenvalue weighted by atomic mass is 19.4. The monoisotopic (exact) mass is 140 g/mol. The fourth-order valence-corrected chi connectivity index (χ4v) is 0.483. The van der Waals surface area contributed by atoms with Gasteiger partial charge < -0.3 is 17.8 Å². The molecule has 1 nitrogen and oxygen atoms in total. The molecule has 0 aromatic carbocycles. The van der Waals surface area contributed by atoms with E-state index in [1.54, 1.807) is 6.92 Å². The Morgan fingerprint density at radius 3 is 1.89 bits per heavy atom. The van der Waals surface area contributed by atoms with Crippen LogP contribution in [0.15, 0.2) is 0 Å². The van der Waals surface area contributed by atoms with Gasteiger partial charge in [-0.2, -0.15) is 0 Å². The van der Waals surface area contributed by atoms with Gasteiger partial charge in [-0.15, -0.1) is 0 Å². The summed E-state index contributed by atoms with van der Waals surface area (Å²) in [4.78, 5) is 1.24. The highest BCUT2D eigenvalue weighted by Gasteiger charge is 2.23. The van der Waals surface area contributed by atoms with Crippen molar-refractivity contribution in [1.29, 1.82) is 0 Å². The van der Waals surface area contributed by atoms with E-state index in [9.17, 15) is 12.9 Å². The van der Waals surface area contributed by atoms with Crippen LogP contribution in [0.2, 0.25) is 0 Å². The molecule has 0 rings (SSSR count). The van der Waals surface area contributed by atoms with Gasteiger partial charge in [0, 0.05) is 0 Å². The van der Waals surface area contributed by atoms with Gasteiger partial charge in [-0.1, -0.05) is 6.92 Å². The van der Waals surface area contributed by atoms with E-state index in [1.165, 1.54) is 11.9 Å². The van der Waals surface area contributed by atoms with Crippen molar-refractivity contribution >= 4 is 6.98 Å². The Kier molecular flexibility index (Phi) is 3.04. The minimum absolute atomic E-state index is 0.446. The highest BCUT2D eigenvalue weighted by Crippen LogP contribution is 2.08. The fourth-order valence-electron chi connectivity index (χ4n) is 0.483. The van der Waals surface area contributed by atoms with Gasteiger partial charge in [0.15, 0.2) is 0 Å². The first-order valence-electron chi connectivity index (χ1n) is 2.85. The van der Waals surface area contributed by atoms with Gasteiger partial charge in [0.2, 0.25) is 0 Å². The Morgan fingerprint density at radius 1 is 1.33 bits per heavy atom. The molecule has 5 heteroatoms. The smallest absolute Gasteiger partial charge is 0.448 e. The average Bonchev–Trinajstić information content (AvgIpc) is 1.62. The van der Waals surface area contributed by atoms with E-state index >= 15 is 0 Å². The zero-order chi connectivity index (χ0) is 7.49. The number of hydrogen-bond acceptors (Lipinski definition) is 1. The van der Waals surface area contributed by atoms with E-state index in [4.69, 9.17) is 0 Å². The van der Waals surface area contributed by atoms with Crippen LogP contribution in [0.3, 0.4) is 0 Å². The standard InChI is InChI=1S/C4H10BF3N/c1-3-9(2)4-5(6,7)8/h3-4H2,1-2H3/q-1. The molecule has 0 fully saturated rings. The quantitative estimate of drug-likeness (QED) is 0.534. The third-order valence-electron chi connectivity index (χ3n) is 1.06. The Balaban J connectivity index is 3.47. The largest absolute Gasteiger partial charge is 0.492 e. The maximum absolute atomic E-state index is 11.5. The summed E-state index contributed by atoms with van der Waals surface area (Å²) in [6.07, 6.45) is -0.753. The van der Waals surface area contributed by atoms with Gasteiger partial charge in [0.1, 0.15) is 0 Å². The fraction of sp³-hybridized carbons (Fsp3) is 1.00. The molecule has 0 unspecified atom stereocenters. The Hall–Kier alpha value is -0.185. The minimum Gasteiger partial charge on any atom is -0.448 e. The predicted octanol–water partition coefficient (Wildman–Crippen LogP) is 1.32. The summed E-state index contributed by atoms with van der Waals surface area (Å²) >= 11 is 0. The van der Waals surface area contributed by atoms with E-state index < -0.39 is 13.4 Å². The van der Waals surface area contributed by atoms with Crippen molar-refractivity contribution < 1.29 is 12.9 Å². The topological polar surface area (TPSA) is 3.24 Å². The lowest BCUT2D eigenvalue weighted by Crippen LogP contribution is -2.35. The lowest BCUT2D eigenvalue weighted by atomic mass is 9.91. The zero-order valence-corrected chi connectivity index (χ0v) is 5.57. The molecule has 0 aromatic rings. The molecule has 0 aliphatic heterocycles. The molecule has 0 heterocycles. The van der Waals surface area contributed by atoms with Crippen LogP contribution in [0.1, 0.15) is 6.92 Å². The van der Waals surface area contributed by atoms with Crippen molar-refractivity contribution in [2.24, 2.45) is 0 Å². The molecule has 0 N–H and O–H groups in total. The average molecular weight is 140 g/mol. The van der Waals surface area contributed by atoms with Crippen molar-refractivity contribution in [3.05, 3.63) is 0 Å². The van der Waals surface area contributed by atoms with Crippen LogP contribution < -0.4 is 0 Å². The Morgan fingerprint density at radius 2 is 1.78 bits per heavy atom. The molecule has 0 aromatic heterocycles. The predicted molar refractivity (Wildman–Crippen MR) is 32.2 cm³/mol. The second-order valence-corrected chi connectivity index (χ2v) is 2.07. The second-order valence-electron chi connectivity index (χ2n) is 2.07. The van der Waals surface area contributed by atoms with Crippen molar-refractivity contribution in [3.63, 3.8) is 0 Å². The molecule has 0 atom stereocenters. The number of nitrogens with zero attached hydrogens (tertiary/aromatic N) is 1. The van der Waals surface area contributed by atoms with Gasteiger partial charge >= 0.3 is 6.98 Å². The number of halogens is 3. The molecule has 0 spiro atoms. The van der Waals surface area contributed by atoms with Crippen LogP contribution >= 0.6 is 0 Å². The first kappa shape index (κ1) is 8.81. The van der Waals surface area contributed by atoms with Gasteiger partial charge in [-0.3, -0.25) is 0 Å². The molecule has 9 heavy (non-hydrogen) atoms. The van der Waals surface area contributed by atoms with Gasteiger partial charge in [0.05, 0.1) is 0 Å². The first-order chi connectivity index (χ1) is 3.95. The van der Waals surface area contributed by atoms with E-state index in [0.29, 0.717) is 6.54 Å². The van der Waals surface area contributed by atoms with Crippen LogP contribution in [0, 0.1) is 0 Å². The molecule has 0 saturated carbocycles. The third kappa shape index (κ3) is 5.69. The third-order valence-corrected chi connectivity index (χ3v) is 1.06. The molecule has 0 aliphatic rings. The summed E-state index contributed by atoms with van der Waals surface area (Å²) in [6.45, 7) is -2.48. The highest BCUT2D eigenvalue weighted by molar-refractivity contribution is 6.58. The van der Waals surface area contributed by atoms with Crippen LogP contribution in [0.4, 0.5) is 12.9 Å². The Labute approximate surface area is 52.9 Å². The molecule has 0 aliphatic carbocycles. The molecule has 0 bridgehead atoms. The summed E-state index contributed by atoms with van der Waals surface area (Å²) in [7, 11) is 1.45. The van der Waals surface area contributed by atoms with E-state index in [-0.39, 0.29) is 0 Å². The minimum atomic E-state index is -4.62. The van der Waals surface area contributed by atoms with Crippen LogP contribution in [0.25, 0.3) is 0 Å². The van der Waals surface area contributed by atoms with Gasteiger partial charge in [-0.05, 0) is 20.0 Å². The normalized spacial score (nSPS) is 12.7. The first-order valence-corrected chi connectivity index (χ1v) is 2.85. The molecule has 0 saturated heterocycles. The number of rotatable bonds is 3. The van der Waals surface area contributed by atoms with Crippen molar-refractivity contribution in [3.8, 4) is 0 Å². The van der Waals surface area contributed by atoms with Crippen molar-refractivity contribution in [1.82, 2.24) is 4.90 Å². The van der Waals surface area contributed by atoms with E-state index in [1.807, 2.05) is 0 Å².